The molecule has 0 spiro atoms. The minimum absolute atomic E-state index is 0.0509. The molecule has 4 nitrogen and oxygen atoms in total. The highest BCUT2D eigenvalue weighted by molar-refractivity contribution is 5.80. The summed E-state index contributed by atoms with van der Waals surface area (Å²) in [6.45, 7) is 1.28. The molecule has 1 fully saturated rings. The molecule has 152 valence electrons. The second kappa shape index (κ2) is 8.19. The molecule has 3 aromatic rings. The zero-order valence-electron chi connectivity index (χ0n) is 15.8. The standard InChI is InChI=1S/C22H22F3N3O/c23-22(24,25)29-20-11-4-3-10-19(20)28-14-6-5-8-17(28)15-26-21-13-12-16-7-1-2-9-18(16)27-21/h1-4,7,9-13,17H,5-6,8,14-15H2,(H,26,27). The molecule has 1 aromatic heterocycles. The third kappa shape index (κ3) is 4.72. The molecule has 0 amide bonds. The summed E-state index contributed by atoms with van der Waals surface area (Å²) in [5.41, 5.74) is 1.38. The number of ether oxygens (including phenoxy) is 1. The van der Waals surface area contributed by atoms with E-state index < -0.39 is 6.36 Å². The monoisotopic (exact) mass is 401 g/mol. The molecule has 1 aliphatic rings. The topological polar surface area (TPSA) is 37.4 Å². The summed E-state index contributed by atoms with van der Waals surface area (Å²) in [4.78, 5) is 6.63. The SMILES string of the molecule is FC(F)(F)Oc1ccccc1N1CCCCC1CNc1ccc2ccccc2n1. The summed E-state index contributed by atoms with van der Waals surface area (Å²) in [5, 5.41) is 4.42. The van der Waals surface area contributed by atoms with Crippen molar-refractivity contribution in [2.45, 2.75) is 31.7 Å². The Morgan fingerprint density at radius 2 is 1.79 bits per heavy atom. The van der Waals surface area contributed by atoms with Crippen LogP contribution in [0.2, 0.25) is 0 Å². The molecular formula is C22H22F3N3O. The van der Waals surface area contributed by atoms with Crippen molar-refractivity contribution in [1.29, 1.82) is 0 Å². The van der Waals surface area contributed by atoms with Gasteiger partial charge in [0.15, 0.2) is 5.75 Å². The summed E-state index contributed by atoms with van der Waals surface area (Å²) in [5.74, 6) is 0.602. The molecule has 1 atom stereocenters. The highest BCUT2D eigenvalue weighted by Gasteiger charge is 2.34. The van der Waals surface area contributed by atoms with Gasteiger partial charge in [0.2, 0.25) is 0 Å². The van der Waals surface area contributed by atoms with E-state index in [1.54, 1.807) is 18.2 Å². The molecule has 1 saturated heterocycles. The van der Waals surface area contributed by atoms with Crippen molar-refractivity contribution in [2.75, 3.05) is 23.3 Å². The number of alkyl halides is 3. The van der Waals surface area contributed by atoms with Crippen LogP contribution in [0.4, 0.5) is 24.7 Å². The highest BCUT2D eigenvalue weighted by atomic mass is 19.4. The van der Waals surface area contributed by atoms with Crippen LogP contribution in [-0.4, -0.2) is 30.5 Å². The fourth-order valence-electron chi connectivity index (χ4n) is 3.82. The highest BCUT2D eigenvalue weighted by Crippen LogP contribution is 2.36. The molecule has 2 heterocycles. The number of fused-ring (bicyclic) bond motifs is 1. The number of aromatic nitrogens is 1. The number of hydrogen-bond donors (Lipinski definition) is 1. The van der Waals surface area contributed by atoms with Crippen molar-refractivity contribution in [3.05, 3.63) is 60.7 Å². The van der Waals surface area contributed by atoms with Gasteiger partial charge in [-0.25, -0.2) is 4.98 Å². The smallest absolute Gasteiger partial charge is 0.404 e. The average Bonchev–Trinajstić information content (AvgIpc) is 2.72. The van der Waals surface area contributed by atoms with Gasteiger partial charge in [-0.1, -0.05) is 30.3 Å². The molecule has 0 saturated carbocycles. The molecule has 1 aliphatic heterocycles. The zero-order chi connectivity index (χ0) is 20.3. The Balaban J connectivity index is 1.52. The minimum atomic E-state index is -4.71. The van der Waals surface area contributed by atoms with Crippen LogP contribution in [0.5, 0.6) is 5.75 Å². The van der Waals surface area contributed by atoms with Crippen LogP contribution < -0.4 is 15.0 Å². The van der Waals surface area contributed by atoms with Gasteiger partial charge in [0, 0.05) is 24.5 Å². The Bertz CT molecular complexity index is 977. The van der Waals surface area contributed by atoms with Gasteiger partial charge in [0.05, 0.1) is 11.2 Å². The number of piperidine rings is 1. The van der Waals surface area contributed by atoms with Crippen LogP contribution in [0, 0.1) is 0 Å². The van der Waals surface area contributed by atoms with Gasteiger partial charge in [0.25, 0.3) is 0 Å². The van der Waals surface area contributed by atoms with E-state index in [4.69, 9.17) is 0 Å². The summed E-state index contributed by atoms with van der Waals surface area (Å²) in [6, 6.07) is 18.2. The first-order valence-corrected chi connectivity index (χ1v) is 9.71. The number of anilines is 2. The largest absolute Gasteiger partial charge is 0.573 e. The first-order chi connectivity index (χ1) is 14.0. The second-order valence-corrected chi connectivity index (χ2v) is 7.13. The van der Waals surface area contributed by atoms with Gasteiger partial charge in [0.1, 0.15) is 5.82 Å². The summed E-state index contributed by atoms with van der Waals surface area (Å²) >= 11 is 0. The number of pyridine rings is 1. The molecule has 1 unspecified atom stereocenters. The molecule has 2 aromatic carbocycles. The molecule has 29 heavy (non-hydrogen) atoms. The van der Waals surface area contributed by atoms with Gasteiger partial charge >= 0.3 is 6.36 Å². The maximum absolute atomic E-state index is 12.8. The molecule has 1 N–H and O–H groups in total. The lowest BCUT2D eigenvalue weighted by Crippen LogP contribution is -2.44. The number of halogens is 3. The summed E-state index contributed by atoms with van der Waals surface area (Å²) < 4.78 is 42.7. The molecule has 7 heteroatoms. The van der Waals surface area contributed by atoms with Gasteiger partial charge in [-0.2, -0.15) is 0 Å². The lowest BCUT2D eigenvalue weighted by Gasteiger charge is -2.38. The fourth-order valence-corrected chi connectivity index (χ4v) is 3.82. The van der Waals surface area contributed by atoms with Crippen molar-refractivity contribution < 1.29 is 17.9 Å². The predicted molar refractivity (Wildman–Crippen MR) is 108 cm³/mol. The van der Waals surface area contributed by atoms with E-state index in [1.165, 1.54) is 6.07 Å². The Morgan fingerprint density at radius 1 is 1.00 bits per heavy atom. The molecule has 0 aliphatic carbocycles. The third-order valence-corrected chi connectivity index (χ3v) is 5.14. The molecule has 0 radical (unpaired) electrons. The number of benzene rings is 2. The Morgan fingerprint density at radius 3 is 2.66 bits per heavy atom. The Hall–Kier alpha value is -2.96. The first-order valence-electron chi connectivity index (χ1n) is 9.71. The number of nitrogens with zero attached hydrogens (tertiary/aromatic N) is 2. The van der Waals surface area contributed by atoms with Crippen LogP contribution in [0.15, 0.2) is 60.7 Å². The average molecular weight is 401 g/mol. The van der Waals surface area contributed by atoms with Crippen molar-refractivity contribution in [2.24, 2.45) is 0 Å². The van der Waals surface area contributed by atoms with Gasteiger partial charge < -0.3 is 15.0 Å². The van der Waals surface area contributed by atoms with Gasteiger partial charge in [-0.3, -0.25) is 0 Å². The van der Waals surface area contributed by atoms with Crippen molar-refractivity contribution in [1.82, 2.24) is 4.98 Å². The molecule has 4 rings (SSSR count). The first kappa shape index (κ1) is 19.4. The van der Waals surface area contributed by atoms with Crippen molar-refractivity contribution in [3.63, 3.8) is 0 Å². The van der Waals surface area contributed by atoms with E-state index in [0.717, 1.165) is 36.0 Å². The molecule has 0 bridgehead atoms. The number of nitrogens with one attached hydrogen (secondary N) is 1. The Labute approximate surface area is 167 Å². The molecular weight excluding hydrogens is 379 g/mol. The predicted octanol–water partition coefficient (Wildman–Crippen LogP) is 5.60. The summed E-state index contributed by atoms with van der Waals surface area (Å²) in [7, 11) is 0. The van der Waals surface area contributed by atoms with Gasteiger partial charge in [-0.15, -0.1) is 13.2 Å². The lowest BCUT2D eigenvalue weighted by molar-refractivity contribution is -0.274. The van der Waals surface area contributed by atoms with E-state index in [2.05, 4.69) is 15.0 Å². The van der Waals surface area contributed by atoms with E-state index in [9.17, 15) is 13.2 Å². The number of rotatable bonds is 5. The van der Waals surface area contributed by atoms with Crippen LogP contribution in [0.25, 0.3) is 10.9 Å². The van der Waals surface area contributed by atoms with E-state index in [1.807, 2.05) is 41.3 Å². The van der Waals surface area contributed by atoms with E-state index in [0.29, 0.717) is 18.8 Å². The minimum Gasteiger partial charge on any atom is -0.404 e. The maximum atomic E-state index is 12.8. The second-order valence-electron chi connectivity index (χ2n) is 7.13. The Kier molecular flexibility index (Phi) is 5.47. The van der Waals surface area contributed by atoms with Crippen LogP contribution in [-0.2, 0) is 0 Å². The van der Waals surface area contributed by atoms with Crippen LogP contribution in [0.3, 0.4) is 0 Å². The fraction of sp³-hybridized carbons (Fsp3) is 0.318. The normalized spacial score (nSPS) is 17.3. The summed E-state index contributed by atoms with van der Waals surface area (Å²) in [6.07, 6.45) is -1.85. The van der Waals surface area contributed by atoms with Crippen molar-refractivity contribution in [3.8, 4) is 5.75 Å². The van der Waals surface area contributed by atoms with E-state index in [-0.39, 0.29) is 11.8 Å². The quantitative estimate of drug-likeness (QED) is 0.604. The lowest BCUT2D eigenvalue weighted by atomic mass is 10.0. The van der Waals surface area contributed by atoms with Crippen LogP contribution in [0.1, 0.15) is 19.3 Å². The number of hydrogen-bond acceptors (Lipinski definition) is 4. The van der Waals surface area contributed by atoms with Gasteiger partial charge in [-0.05, 0) is 49.6 Å². The number of para-hydroxylation sites is 3. The maximum Gasteiger partial charge on any atom is 0.573 e. The van der Waals surface area contributed by atoms with Crippen LogP contribution >= 0.6 is 0 Å². The zero-order valence-corrected chi connectivity index (χ0v) is 15.8. The van der Waals surface area contributed by atoms with Crippen molar-refractivity contribution >= 4 is 22.4 Å². The van der Waals surface area contributed by atoms with E-state index >= 15 is 0 Å². The third-order valence-electron chi connectivity index (χ3n) is 5.14.